The van der Waals surface area contributed by atoms with Crippen molar-refractivity contribution in [3.8, 4) is 0 Å². The highest BCUT2D eigenvalue weighted by molar-refractivity contribution is 7.09. The molecule has 0 radical (unpaired) electrons. The first-order valence-corrected chi connectivity index (χ1v) is 6.18. The molecule has 0 saturated carbocycles. The zero-order chi connectivity index (χ0) is 13.0. The molecule has 0 aliphatic rings. The van der Waals surface area contributed by atoms with Gasteiger partial charge in [0.1, 0.15) is 0 Å². The SMILES string of the molecule is FC(F)(F)c1cccc(CNCc2cncs2)c1. The Morgan fingerprint density at radius 2 is 2.06 bits per heavy atom. The number of nitrogens with one attached hydrogen (secondary N) is 1. The maximum atomic E-state index is 12.5. The highest BCUT2D eigenvalue weighted by Crippen LogP contribution is 2.29. The zero-order valence-corrected chi connectivity index (χ0v) is 10.2. The van der Waals surface area contributed by atoms with Gasteiger partial charge in [0.05, 0.1) is 11.1 Å². The number of nitrogens with zero attached hydrogens (tertiary/aromatic N) is 1. The molecule has 0 spiro atoms. The highest BCUT2D eigenvalue weighted by Gasteiger charge is 2.30. The summed E-state index contributed by atoms with van der Waals surface area (Å²) >= 11 is 1.51. The first kappa shape index (κ1) is 13.0. The van der Waals surface area contributed by atoms with Crippen molar-refractivity contribution in [3.63, 3.8) is 0 Å². The molecule has 1 aromatic carbocycles. The van der Waals surface area contributed by atoms with Gasteiger partial charge in [-0.2, -0.15) is 13.2 Å². The number of alkyl halides is 3. The second-order valence-electron chi connectivity index (χ2n) is 3.77. The Labute approximate surface area is 106 Å². The molecule has 0 bridgehead atoms. The summed E-state index contributed by atoms with van der Waals surface area (Å²) in [6, 6.07) is 5.34. The lowest BCUT2D eigenvalue weighted by Gasteiger charge is -2.09. The normalized spacial score (nSPS) is 11.7. The second kappa shape index (κ2) is 5.49. The molecule has 0 amide bonds. The molecule has 1 heterocycles. The monoisotopic (exact) mass is 272 g/mol. The van der Waals surface area contributed by atoms with Gasteiger partial charge in [-0.25, -0.2) is 0 Å². The molecule has 0 fully saturated rings. The van der Waals surface area contributed by atoms with Crippen molar-refractivity contribution in [3.05, 3.63) is 52.0 Å². The van der Waals surface area contributed by atoms with Crippen LogP contribution in [0.15, 0.2) is 36.0 Å². The molecule has 96 valence electrons. The molecular weight excluding hydrogens is 261 g/mol. The molecule has 6 heteroatoms. The fourth-order valence-electron chi connectivity index (χ4n) is 1.52. The van der Waals surface area contributed by atoms with Crippen molar-refractivity contribution in [2.75, 3.05) is 0 Å². The van der Waals surface area contributed by atoms with Gasteiger partial charge in [0.25, 0.3) is 0 Å². The fraction of sp³-hybridized carbons (Fsp3) is 0.250. The van der Waals surface area contributed by atoms with Crippen LogP contribution in [0.2, 0.25) is 0 Å². The number of benzene rings is 1. The van der Waals surface area contributed by atoms with Crippen molar-refractivity contribution >= 4 is 11.3 Å². The number of hydrogen-bond donors (Lipinski definition) is 1. The second-order valence-corrected chi connectivity index (χ2v) is 4.74. The van der Waals surface area contributed by atoms with Gasteiger partial charge in [-0.3, -0.25) is 4.98 Å². The summed E-state index contributed by atoms with van der Waals surface area (Å²) in [6.45, 7) is 1.02. The molecule has 1 aromatic heterocycles. The number of hydrogen-bond acceptors (Lipinski definition) is 3. The summed E-state index contributed by atoms with van der Waals surface area (Å²) in [5, 5.41) is 3.09. The summed E-state index contributed by atoms with van der Waals surface area (Å²) in [5.41, 5.74) is 1.73. The summed E-state index contributed by atoms with van der Waals surface area (Å²) < 4.78 is 37.5. The molecule has 0 unspecified atom stereocenters. The summed E-state index contributed by atoms with van der Waals surface area (Å²) in [5.74, 6) is 0. The summed E-state index contributed by atoms with van der Waals surface area (Å²) in [4.78, 5) is 4.98. The van der Waals surface area contributed by atoms with E-state index in [1.54, 1.807) is 17.8 Å². The van der Waals surface area contributed by atoms with E-state index in [4.69, 9.17) is 0 Å². The Morgan fingerprint density at radius 1 is 1.22 bits per heavy atom. The lowest BCUT2D eigenvalue weighted by atomic mass is 10.1. The van der Waals surface area contributed by atoms with E-state index in [1.165, 1.54) is 23.5 Å². The molecule has 0 aliphatic carbocycles. The van der Waals surface area contributed by atoms with E-state index in [9.17, 15) is 13.2 Å². The average Bonchev–Trinajstić information content (AvgIpc) is 2.81. The standard InChI is InChI=1S/C12H11F3N2S/c13-12(14,15)10-3-1-2-9(4-10)5-16-6-11-7-17-8-18-11/h1-4,7-8,16H,5-6H2. The predicted molar refractivity (Wildman–Crippen MR) is 64.1 cm³/mol. The minimum atomic E-state index is -4.28. The van der Waals surface area contributed by atoms with Crippen LogP contribution in [0, 0.1) is 0 Å². The largest absolute Gasteiger partial charge is 0.416 e. The Hall–Kier alpha value is -1.40. The van der Waals surface area contributed by atoms with Crippen molar-refractivity contribution in [2.24, 2.45) is 0 Å². The van der Waals surface area contributed by atoms with Crippen LogP contribution in [-0.2, 0) is 19.3 Å². The third kappa shape index (κ3) is 3.54. The topological polar surface area (TPSA) is 24.9 Å². The van der Waals surface area contributed by atoms with Crippen LogP contribution in [0.5, 0.6) is 0 Å². The van der Waals surface area contributed by atoms with Crippen LogP contribution in [0.1, 0.15) is 16.0 Å². The van der Waals surface area contributed by atoms with E-state index in [2.05, 4.69) is 10.3 Å². The molecule has 2 nitrogen and oxygen atoms in total. The molecule has 2 rings (SSSR count). The summed E-state index contributed by atoms with van der Waals surface area (Å²) in [6.07, 6.45) is -2.54. The van der Waals surface area contributed by atoms with E-state index in [-0.39, 0.29) is 0 Å². The zero-order valence-electron chi connectivity index (χ0n) is 9.37. The van der Waals surface area contributed by atoms with E-state index < -0.39 is 11.7 Å². The van der Waals surface area contributed by atoms with Crippen molar-refractivity contribution in [2.45, 2.75) is 19.3 Å². The van der Waals surface area contributed by atoms with Gasteiger partial charge in [-0.15, -0.1) is 11.3 Å². The first-order chi connectivity index (χ1) is 8.55. The average molecular weight is 272 g/mol. The Bertz CT molecular complexity index is 494. The van der Waals surface area contributed by atoms with Crippen molar-refractivity contribution < 1.29 is 13.2 Å². The smallest absolute Gasteiger partial charge is 0.308 e. The third-order valence-electron chi connectivity index (χ3n) is 2.37. The number of halogens is 3. The maximum absolute atomic E-state index is 12.5. The van der Waals surface area contributed by atoms with E-state index in [0.717, 1.165) is 10.9 Å². The van der Waals surface area contributed by atoms with Gasteiger partial charge in [0.2, 0.25) is 0 Å². The van der Waals surface area contributed by atoms with Crippen LogP contribution in [0.4, 0.5) is 13.2 Å². The minimum absolute atomic E-state index is 0.405. The molecule has 0 atom stereocenters. The fourth-order valence-corrected chi connectivity index (χ4v) is 2.08. The molecular formula is C12H11F3N2S. The molecule has 0 saturated heterocycles. The molecule has 0 aliphatic heterocycles. The third-order valence-corrected chi connectivity index (χ3v) is 3.15. The minimum Gasteiger partial charge on any atom is -0.308 e. The van der Waals surface area contributed by atoms with E-state index in [0.29, 0.717) is 18.7 Å². The Kier molecular flexibility index (Phi) is 3.98. The lowest BCUT2D eigenvalue weighted by Crippen LogP contribution is -2.13. The van der Waals surface area contributed by atoms with Crippen LogP contribution in [0.3, 0.4) is 0 Å². The maximum Gasteiger partial charge on any atom is 0.416 e. The van der Waals surface area contributed by atoms with Gasteiger partial charge < -0.3 is 5.32 Å². The number of aromatic nitrogens is 1. The van der Waals surface area contributed by atoms with Gasteiger partial charge in [0, 0.05) is 24.2 Å². The van der Waals surface area contributed by atoms with Crippen molar-refractivity contribution in [1.82, 2.24) is 10.3 Å². The Morgan fingerprint density at radius 3 is 2.72 bits per heavy atom. The van der Waals surface area contributed by atoms with Crippen LogP contribution >= 0.6 is 11.3 Å². The van der Waals surface area contributed by atoms with Crippen LogP contribution < -0.4 is 5.32 Å². The van der Waals surface area contributed by atoms with Crippen LogP contribution in [0.25, 0.3) is 0 Å². The van der Waals surface area contributed by atoms with Gasteiger partial charge in [-0.05, 0) is 11.6 Å². The van der Waals surface area contributed by atoms with E-state index >= 15 is 0 Å². The predicted octanol–water partition coefficient (Wildman–Crippen LogP) is 3.45. The number of rotatable bonds is 4. The van der Waals surface area contributed by atoms with Crippen LogP contribution in [-0.4, -0.2) is 4.98 Å². The molecule has 1 N–H and O–H groups in total. The first-order valence-electron chi connectivity index (χ1n) is 5.30. The van der Waals surface area contributed by atoms with E-state index in [1.807, 2.05) is 0 Å². The lowest BCUT2D eigenvalue weighted by molar-refractivity contribution is -0.137. The van der Waals surface area contributed by atoms with Gasteiger partial charge >= 0.3 is 6.18 Å². The Balaban J connectivity index is 1.93. The summed E-state index contributed by atoms with van der Waals surface area (Å²) in [7, 11) is 0. The van der Waals surface area contributed by atoms with Gasteiger partial charge in [-0.1, -0.05) is 18.2 Å². The quantitative estimate of drug-likeness (QED) is 0.922. The number of thiazole rings is 1. The highest BCUT2D eigenvalue weighted by atomic mass is 32.1. The molecule has 18 heavy (non-hydrogen) atoms. The van der Waals surface area contributed by atoms with Gasteiger partial charge in [0.15, 0.2) is 0 Å². The molecule has 2 aromatic rings. The van der Waals surface area contributed by atoms with Crippen molar-refractivity contribution in [1.29, 1.82) is 0 Å².